The lowest BCUT2D eigenvalue weighted by molar-refractivity contribution is -0.142. The van der Waals surface area contributed by atoms with Gasteiger partial charge in [-0.25, -0.2) is 0 Å². The van der Waals surface area contributed by atoms with Gasteiger partial charge in [0.1, 0.15) is 0 Å². The van der Waals surface area contributed by atoms with Crippen LogP contribution in [0.25, 0.3) is 0 Å². The lowest BCUT2D eigenvalue weighted by Crippen LogP contribution is -2.30. The van der Waals surface area contributed by atoms with E-state index < -0.39 is 5.97 Å². The minimum atomic E-state index is -0.622. The highest BCUT2D eigenvalue weighted by Crippen LogP contribution is 2.36. The average Bonchev–Trinajstić information content (AvgIpc) is 2.90. The van der Waals surface area contributed by atoms with E-state index in [0.717, 1.165) is 31.5 Å². The van der Waals surface area contributed by atoms with Crippen molar-refractivity contribution in [3.05, 3.63) is 35.9 Å². The molecule has 1 N–H and O–H groups in total. The molecule has 3 rings (SSSR count). The number of hydrogen-bond acceptors (Lipinski definition) is 2. The minimum Gasteiger partial charge on any atom is -0.481 e. The summed E-state index contributed by atoms with van der Waals surface area (Å²) >= 11 is 0. The molecular weight excluding hydrogens is 274 g/mol. The molecule has 0 unspecified atom stereocenters. The van der Waals surface area contributed by atoms with Crippen LogP contribution in [-0.4, -0.2) is 35.6 Å². The molecule has 0 aromatic heterocycles. The number of carboxylic acids is 1. The minimum absolute atomic E-state index is 0.166. The van der Waals surface area contributed by atoms with E-state index >= 15 is 0 Å². The van der Waals surface area contributed by atoms with Crippen molar-refractivity contribution >= 4 is 5.97 Å². The molecule has 1 saturated carbocycles. The van der Waals surface area contributed by atoms with Crippen LogP contribution < -0.4 is 0 Å². The zero-order valence-corrected chi connectivity index (χ0v) is 13.4. The van der Waals surface area contributed by atoms with Crippen molar-refractivity contribution in [1.29, 1.82) is 0 Å². The summed E-state index contributed by atoms with van der Waals surface area (Å²) in [6.07, 6.45) is 5.12. The van der Waals surface area contributed by atoms with Gasteiger partial charge in [-0.1, -0.05) is 37.3 Å². The summed E-state index contributed by atoms with van der Waals surface area (Å²) in [5, 5.41) is 9.24. The molecule has 2 atom stereocenters. The molecular formula is C19H27NO2. The van der Waals surface area contributed by atoms with E-state index in [1.165, 1.54) is 31.2 Å². The Balaban J connectivity index is 1.48. The Kier molecular flexibility index (Phi) is 4.82. The van der Waals surface area contributed by atoms with Crippen molar-refractivity contribution in [3.8, 4) is 0 Å². The van der Waals surface area contributed by atoms with Gasteiger partial charge in [0, 0.05) is 19.6 Å². The molecule has 2 aliphatic rings. The fourth-order valence-corrected chi connectivity index (χ4v) is 4.31. The summed E-state index contributed by atoms with van der Waals surface area (Å²) in [5.74, 6) is 0.975. The summed E-state index contributed by atoms with van der Waals surface area (Å²) in [7, 11) is 0. The van der Waals surface area contributed by atoms with Gasteiger partial charge < -0.3 is 10.0 Å². The Bertz CT molecular complexity index is 493. The second-order valence-corrected chi connectivity index (χ2v) is 7.27. The number of carbonyl (C=O) groups is 1. The summed E-state index contributed by atoms with van der Waals surface area (Å²) in [6.45, 7) is 4.87. The first-order valence-corrected chi connectivity index (χ1v) is 8.63. The van der Waals surface area contributed by atoms with Crippen molar-refractivity contribution in [2.75, 3.05) is 19.6 Å². The van der Waals surface area contributed by atoms with Crippen LogP contribution in [0.4, 0.5) is 0 Å². The normalized spacial score (nSPS) is 33.0. The molecule has 0 amide bonds. The number of aliphatic carboxylic acids is 1. The third-order valence-corrected chi connectivity index (χ3v) is 5.64. The second kappa shape index (κ2) is 6.82. The second-order valence-electron chi connectivity index (χ2n) is 7.27. The molecule has 3 heteroatoms. The maximum absolute atomic E-state index is 11.2. The maximum Gasteiger partial charge on any atom is 0.308 e. The molecule has 1 saturated heterocycles. The van der Waals surface area contributed by atoms with Crippen molar-refractivity contribution in [1.82, 2.24) is 4.90 Å². The van der Waals surface area contributed by atoms with Crippen LogP contribution in [0, 0.1) is 17.8 Å². The van der Waals surface area contributed by atoms with Gasteiger partial charge in [0.05, 0.1) is 5.92 Å². The first kappa shape index (κ1) is 15.5. The van der Waals surface area contributed by atoms with E-state index in [1.54, 1.807) is 0 Å². The van der Waals surface area contributed by atoms with E-state index in [2.05, 4.69) is 42.2 Å². The third kappa shape index (κ3) is 3.52. The lowest BCUT2D eigenvalue weighted by Gasteiger charge is -2.31. The molecule has 120 valence electrons. The molecule has 22 heavy (non-hydrogen) atoms. The molecule has 0 bridgehead atoms. The molecule has 1 aromatic rings. The first-order chi connectivity index (χ1) is 10.6. The smallest absolute Gasteiger partial charge is 0.308 e. The number of rotatable bonds is 4. The molecule has 2 fully saturated rings. The molecule has 0 radical (unpaired) electrons. The van der Waals surface area contributed by atoms with Crippen LogP contribution in [0.2, 0.25) is 0 Å². The van der Waals surface area contributed by atoms with Gasteiger partial charge in [-0.3, -0.25) is 4.79 Å². The predicted octanol–water partition coefficient (Wildman–Crippen LogP) is 3.61. The van der Waals surface area contributed by atoms with Gasteiger partial charge in [0.25, 0.3) is 0 Å². The van der Waals surface area contributed by atoms with Crippen LogP contribution >= 0.6 is 0 Å². The van der Waals surface area contributed by atoms with Crippen LogP contribution in [0.1, 0.15) is 44.1 Å². The van der Waals surface area contributed by atoms with Gasteiger partial charge in [0.15, 0.2) is 0 Å². The Morgan fingerprint density at radius 2 is 1.82 bits per heavy atom. The highest BCUT2D eigenvalue weighted by Gasteiger charge is 2.35. The van der Waals surface area contributed by atoms with Crippen LogP contribution in [0.3, 0.4) is 0 Å². The van der Waals surface area contributed by atoms with Crippen LogP contribution in [-0.2, 0) is 4.79 Å². The highest BCUT2D eigenvalue weighted by atomic mass is 16.4. The van der Waals surface area contributed by atoms with E-state index in [9.17, 15) is 9.90 Å². The van der Waals surface area contributed by atoms with Gasteiger partial charge in [-0.05, 0) is 49.0 Å². The van der Waals surface area contributed by atoms with Gasteiger partial charge in [0.2, 0.25) is 0 Å². The SMILES string of the molecule is C[C@@H]1CN(CC2CCC(c3ccccc3)CC2)C[C@H]1C(=O)O. The van der Waals surface area contributed by atoms with Gasteiger partial charge >= 0.3 is 5.97 Å². The average molecular weight is 301 g/mol. The van der Waals surface area contributed by atoms with Gasteiger partial charge in [-0.2, -0.15) is 0 Å². The number of nitrogens with zero attached hydrogens (tertiary/aromatic N) is 1. The fourth-order valence-electron chi connectivity index (χ4n) is 4.31. The summed E-state index contributed by atoms with van der Waals surface area (Å²) in [6, 6.07) is 10.9. The van der Waals surface area contributed by atoms with Crippen molar-refractivity contribution in [3.63, 3.8) is 0 Å². The quantitative estimate of drug-likeness (QED) is 0.923. The number of hydrogen-bond donors (Lipinski definition) is 1. The summed E-state index contributed by atoms with van der Waals surface area (Å²) in [5.41, 5.74) is 1.49. The topological polar surface area (TPSA) is 40.5 Å². The van der Waals surface area contributed by atoms with Crippen LogP contribution in [0.15, 0.2) is 30.3 Å². The summed E-state index contributed by atoms with van der Waals surface area (Å²) in [4.78, 5) is 13.6. The first-order valence-electron chi connectivity index (χ1n) is 8.63. The number of carboxylic acid groups (broad SMARTS) is 1. The zero-order chi connectivity index (χ0) is 15.5. The molecule has 1 aliphatic heterocycles. The largest absolute Gasteiger partial charge is 0.481 e. The van der Waals surface area contributed by atoms with Crippen molar-refractivity contribution in [2.24, 2.45) is 17.8 Å². The van der Waals surface area contributed by atoms with Gasteiger partial charge in [-0.15, -0.1) is 0 Å². The lowest BCUT2D eigenvalue weighted by atomic mass is 9.78. The van der Waals surface area contributed by atoms with Crippen molar-refractivity contribution in [2.45, 2.75) is 38.5 Å². The predicted molar refractivity (Wildman–Crippen MR) is 87.9 cm³/mol. The standard InChI is InChI=1S/C19H27NO2/c1-14-11-20(13-18(14)19(21)22)12-15-7-9-17(10-8-15)16-5-3-2-4-6-16/h2-6,14-15,17-18H,7-13H2,1H3,(H,21,22)/t14-,15?,17?,18-/m1/s1. The van der Waals surface area contributed by atoms with Crippen LogP contribution in [0.5, 0.6) is 0 Å². The zero-order valence-electron chi connectivity index (χ0n) is 13.4. The molecule has 0 spiro atoms. The molecule has 1 heterocycles. The summed E-state index contributed by atoms with van der Waals surface area (Å²) < 4.78 is 0. The van der Waals surface area contributed by atoms with E-state index in [4.69, 9.17) is 0 Å². The maximum atomic E-state index is 11.2. The highest BCUT2D eigenvalue weighted by molar-refractivity contribution is 5.71. The Labute approximate surface area is 133 Å². The van der Waals surface area contributed by atoms with E-state index in [0.29, 0.717) is 0 Å². The number of likely N-dealkylation sites (tertiary alicyclic amines) is 1. The van der Waals surface area contributed by atoms with E-state index in [-0.39, 0.29) is 11.8 Å². The molecule has 1 aromatic carbocycles. The fraction of sp³-hybridized carbons (Fsp3) is 0.632. The Morgan fingerprint density at radius 3 is 2.41 bits per heavy atom. The monoisotopic (exact) mass is 301 g/mol. The van der Waals surface area contributed by atoms with Crippen molar-refractivity contribution < 1.29 is 9.90 Å². The third-order valence-electron chi connectivity index (χ3n) is 5.64. The molecule has 3 nitrogen and oxygen atoms in total. The van der Waals surface area contributed by atoms with E-state index in [1.807, 2.05) is 0 Å². The Morgan fingerprint density at radius 1 is 1.14 bits per heavy atom. The molecule has 1 aliphatic carbocycles. The Hall–Kier alpha value is -1.35. The number of benzene rings is 1.